The summed E-state index contributed by atoms with van der Waals surface area (Å²) in [7, 11) is 3.70. The Balaban J connectivity index is 4.03. The average Bonchev–Trinajstić information content (AvgIpc) is 2.21. The maximum absolute atomic E-state index is 10.3. The molecule has 0 aromatic carbocycles. The van der Waals surface area contributed by atoms with Gasteiger partial charge in [-0.15, -0.1) is 0 Å². The molecule has 0 aromatic rings. The lowest BCUT2D eigenvalue weighted by Crippen LogP contribution is -2.38. The molecule has 0 saturated heterocycles. The molecule has 15 heavy (non-hydrogen) atoms. The summed E-state index contributed by atoms with van der Waals surface area (Å²) in [5.41, 5.74) is 0. The Morgan fingerprint density at radius 2 is 1.87 bits per heavy atom. The minimum absolute atomic E-state index is 0.0731. The van der Waals surface area contributed by atoms with Crippen LogP contribution >= 0.6 is 0 Å². The third-order valence-corrected chi connectivity index (χ3v) is 2.22. The van der Waals surface area contributed by atoms with E-state index in [9.17, 15) is 15.1 Å². The van der Waals surface area contributed by atoms with Gasteiger partial charge in [0.1, 0.15) is 12.1 Å². The quantitative estimate of drug-likeness (QED) is 0.465. The standard InChI is InChI=1S/C9H20N2O4/c1-11(2)5-3-8(13)9(14)7(10-15)4-6-12/h7-9,12-14H,3-6H2,1-2H3/t7?,8-,9?/m0/s1. The fraction of sp³-hybridized carbons (Fsp3) is 1.00. The molecule has 0 fully saturated rings. The first-order valence-corrected chi connectivity index (χ1v) is 4.97. The molecule has 0 amide bonds. The lowest BCUT2D eigenvalue weighted by atomic mass is 10.0. The zero-order chi connectivity index (χ0) is 11.8. The first-order chi connectivity index (χ1) is 7.02. The van der Waals surface area contributed by atoms with Crippen LogP contribution in [0.15, 0.2) is 5.18 Å². The Labute approximate surface area is 89.5 Å². The van der Waals surface area contributed by atoms with E-state index in [0.717, 1.165) is 0 Å². The third-order valence-electron chi connectivity index (χ3n) is 2.22. The maximum Gasteiger partial charge on any atom is 0.122 e. The molecule has 0 aliphatic rings. The van der Waals surface area contributed by atoms with Crippen molar-refractivity contribution in [3.05, 3.63) is 4.91 Å². The first-order valence-electron chi connectivity index (χ1n) is 4.97. The molecule has 3 atom stereocenters. The van der Waals surface area contributed by atoms with E-state index in [0.29, 0.717) is 13.0 Å². The van der Waals surface area contributed by atoms with Crippen molar-refractivity contribution < 1.29 is 15.3 Å². The summed E-state index contributed by atoms with van der Waals surface area (Å²) in [6.07, 6.45) is -1.74. The van der Waals surface area contributed by atoms with Gasteiger partial charge in [0.2, 0.25) is 0 Å². The zero-order valence-electron chi connectivity index (χ0n) is 9.20. The number of aliphatic hydroxyl groups is 3. The number of nitroso groups, excluding NO2 is 1. The minimum atomic E-state index is -1.20. The zero-order valence-corrected chi connectivity index (χ0v) is 9.20. The van der Waals surface area contributed by atoms with Crippen LogP contribution < -0.4 is 0 Å². The van der Waals surface area contributed by atoms with E-state index in [2.05, 4.69) is 5.18 Å². The molecule has 0 radical (unpaired) electrons. The normalized spacial score (nSPS) is 17.5. The van der Waals surface area contributed by atoms with E-state index < -0.39 is 18.2 Å². The Hall–Kier alpha value is -0.560. The summed E-state index contributed by atoms with van der Waals surface area (Å²) in [6.45, 7) is 0.386. The topological polar surface area (TPSA) is 93.4 Å². The third kappa shape index (κ3) is 5.78. The van der Waals surface area contributed by atoms with Crippen LogP contribution in [-0.2, 0) is 0 Å². The molecule has 6 nitrogen and oxygen atoms in total. The van der Waals surface area contributed by atoms with Crippen LogP contribution in [0.4, 0.5) is 0 Å². The molecule has 0 aromatic heterocycles. The van der Waals surface area contributed by atoms with E-state index in [1.165, 1.54) is 0 Å². The SMILES string of the molecule is CN(C)CC[C@H](O)C(O)C(CCO)N=O. The molecule has 0 aliphatic heterocycles. The lowest BCUT2D eigenvalue weighted by molar-refractivity contribution is -0.00710. The molecule has 0 aliphatic carbocycles. The summed E-state index contributed by atoms with van der Waals surface area (Å²) in [6, 6.07) is -0.938. The molecular formula is C9H20N2O4. The van der Waals surface area contributed by atoms with Gasteiger partial charge in [-0.05, 0) is 26.9 Å². The molecule has 3 N–H and O–H groups in total. The van der Waals surface area contributed by atoms with Crippen molar-refractivity contribution in [3.63, 3.8) is 0 Å². The van der Waals surface area contributed by atoms with Gasteiger partial charge in [0.15, 0.2) is 0 Å². The van der Waals surface area contributed by atoms with Crippen LogP contribution in [-0.4, -0.2) is 65.7 Å². The Bertz CT molecular complexity index is 177. The van der Waals surface area contributed by atoms with Gasteiger partial charge in [-0.1, -0.05) is 5.18 Å². The summed E-state index contributed by atoms with van der Waals surface area (Å²) in [5.74, 6) is 0. The van der Waals surface area contributed by atoms with Crippen LogP contribution in [0.2, 0.25) is 0 Å². The fourth-order valence-corrected chi connectivity index (χ4v) is 1.24. The number of rotatable bonds is 8. The van der Waals surface area contributed by atoms with Gasteiger partial charge >= 0.3 is 0 Å². The predicted molar refractivity (Wildman–Crippen MR) is 56.5 cm³/mol. The summed E-state index contributed by atoms with van der Waals surface area (Å²) < 4.78 is 0. The van der Waals surface area contributed by atoms with E-state index in [4.69, 9.17) is 5.11 Å². The summed E-state index contributed by atoms with van der Waals surface area (Å²) >= 11 is 0. The largest absolute Gasteiger partial charge is 0.396 e. The van der Waals surface area contributed by atoms with Crippen molar-refractivity contribution in [1.82, 2.24) is 4.90 Å². The smallest absolute Gasteiger partial charge is 0.122 e. The molecule has 0 bridgehead atoms. The van der Waals surface area contributed by atoms with Gasteiger partial charge in [0.25, 0.3) is 0 Å². The Kier molecular flexibility index (Phi) is 7.41. The van der Waals surface area contributed by atoms with Crippen molar-refractivity contribution in [1.29, 1.82) is 0 Å². The van der Waals surface area contributed by atoms with Crippen LogP contribution in [0.25, 0.3) is 0 Å². The van der Waals surface area contributed by atoms with Gasteiger partial charge in [0.05, 0.1) is 6.10 Å². The highest BCUT2D eigenvalue weighted by molar-refractivity contribution is 4.81. The fourth-order valence-electron chi connectivity index (χ4n) is 1.24. The number of hydrogen-bond acceptors (Lipinski definition) is 6. The van der Waals surface area contributed by atoms with Gasteiger partial charge < -0.3 is 20.2 Å². The molecule has 0 saturated carbocycles. The van der Waals surface area contributed by atoms with E-state index in [1.807, 2.05) is 19.0 Å². The van der Waals surface area contributed by atoms with E-state index in [-0.39, 0.29) is 13.0 Å². The van der Waals surface area contributed by atoms with Crippen molar-refractivity contribution >= 4 is 0 Å². The van der Waals surface area contributed by atoms with Crippen molar-refractivity contribution in [2.24, 2.45) is 5.18 Å². The van der Waals surface area contributed by atoms with Gasteiger partial charge in [-0.2, -0.15) is 4.91 Å². The van der Waals surface area contributed by atoms with Crippen LogP contribution in [0, 0.1) is 4.91 Å². The second kappa shape index (κ2) is 7.70. The molecule has 0 spiro atoms. The highest BCUT2D eigenvalue weighted by atomic mass is 16.3. The van der Waals surface area contributed by atoms with Crippen molar-refractivity contribution in [2.75, 3.05) is 27.2 Å². The summed E-state index contributed by atoms with van der Waals surface area (Å²) in [4.78, 5) is 12.2. The molecule has 0 heterocycles. The lowest BCUT2D eigenvalue weighted by Gasteiger charge is -2.22. The average molecular weight is 220 g/mol. The first kappa shape index (κ1) is 14.4. The van der Waals surface area contributed by atoms with Crippen molar-refractivity contribution in [2.45, 2.75) is 31.1 Å². The second-order valence-corrected chi connectivity index (χ2v) is 3.83. The van der Waals surface area contributed by atoms with Crippen LogP contribution in [0.1, 0.15) is 12.8 Å². The molecule has 2 unspecified atom stereocenters. The van der Waals surface area contributed by atoms with Gasteiger partial charge in [-0.3, -0.25) is 0 Å². The predicted octanol–water partition coefficient (Wildman–Crippen LogP) is -0.823. The summed E-state index contributed by atoms with van der Waals surface area (Å²) in [5, 5.41) is 30.4. The van der Waals surface area contributed by atoms with Gasteiger partial charge in [-0.25, -0.2) is 0 Å². The van der Waals surface area contributed by atoms with Crippen molar-refractivity contribution in [3.8, 4) is 0 Å². The number of nitrogens with zero attached hydrogens (tertiary/aromatic N) is 2. The second-order valence-electron chi connectivity index (χ2n) is 3.83. The Morgan fingerprint density at radius 1 is 1.27 bits per heavy atom. The van der Waals surface area contributed by atoms with Gasteiger partial charge in [0, 0.05) is 13.2 Å². The molecule has 0 rings (SSSR count). The number of aliphatic hydroxyl groups excluding tert-OH is 3. The van der Waals surface area contributed by atoms with E-state index in [1.54, 1.807) is 0 Å². The van der Waals surface area contributed by atoms with E-state index >= 15 is 0 Å². The molecular weight excluding hydrogens is 200 g/mol. The monoisotopic (exact) mass is 220 g/mol. The highest BCUT2D eigenvalue weighted by Crippen LogP contribution is 2.10. The minimum Gasteiger partial charge on any atom is -0.396 e. The highest BCUT2D eigenvalue weighted by Gasteiger charge is 2.26. The molecule has 6 heteroatoms. The maximum atomic E-state index is 10.3. The van der Waals surface area contributed by atoms with Crippen LogP contribution in [0.3, 0.4) is 0 Å². The van der Waals surface area contributed by atoms with Crippen LogP contribution in [0.5, 0.6) is 0 Å². The Morgan fingerprint density at radius 3 is 2.27 bits per heavy atom. The number of hydrogen-bond donors (Lipinski definition) is 3. The molecule has 90 valence electrons.